The molecule has 0 fully saturated rings. The Bertz CT molecular complexity index is 1030. The lowest BCUT2D eigenvalue weighted by atomic mass is 10.2. The Kier molecular flexibility index (Phi) is 8.64. The Hall–Kier alpha value is -3.23. The smallest absolute Gasteiger partial charge is 0.322 e. The van der Waals surface area contributed by atoms with Crippen LogP contribution >= 0.6 is 0 Å². The summed E-state index contributed by atoms with van der Waals surface area (Å²) in [5.41, 5.74) is 0. The van der Waals surface area contributed by atoms with Crippen LogP contribution in [-0.4, -0.2) is 39.0 Å². The van der Waals surface area contributed by atoms with E-state index in [9.17, 15) is 9.59 Å². The number of hydrogen-bond donors (Lipinski definition) is 2. The van der Waals surface area contributed by atoms with E-state index in [0.29, 0.717) is 6.61 Å². The van der Waals surface area contributed by atoms with Gasteiger partial charge in [0, 0.05) is 12.5 Å². The molecule has 0 aliphatic heterocycles. The molecule has 0 heterocycles. The second-order valence-electron chi connectivity index (χ2n) is 9.38. The van der Waals surface area contributed by atoms with Crippen molar-refractivity contribution in [1.29, 1.82) is 0 Å². The van der Waals surface area contributed by atoms with Gasteiger partial charge in [0.25, 0.3) is 14.2 Å². The molecule has 3 rings (SSSR count). The molecule has 2 N–H and O–H groups in total. The third kappa shape index (κ3) is 6.26. The van der Waals surface area contributed by atoms with Crippen molar-refractivity contribution in [1.82, 2.24) is 10.6 Å². The Morgan fingerprint density at radius 1 is 1.06 bits per heavy atom. The van der Waals surface area contributed by atoms with E-state index >= 15 is 4.39 Å². The lowest BCUT2D eigenvalue weighted by Crippen LogP contribution is -2.67. The maximum absolute atomic E-state index is 15.2. The first-order valence-electron chi connectivity index (χ1n) is 11.7. The van der Waals surface area contributed by atoms with Crippen molar-refractivity contribution in [3.8, 4) is 0 Å². The number of benzene rings is 2. The molecule has 0 spiro atoms. The molecule has 35 heavy (non-hydrogen) atoms. The summed E-state index contributed by atoms with van der Waals surface area (Å²) in [5, 5.41) is 6.61. The standard InChI is InChI=1S/C27H33FN2O4Si/c1-5-33-17-16-25(31)30-26(32)29-20-18-23(28)24(19-20)34-35(27(2,3)4,21-12-8-6-9-13-21)22-14-10-7-11-15-22/h6-18,20,24H,5,19H2,1-4H3,(H2,29,30,31,32)/b17-16+. The van der Waals surface area contributed by atoms with Crippen molar-refractivity contribution in [2.45, 2.75) is 51.3 Å². The molecule has 0 radical (unpaired) electrons. The molecule has 0 bridgehead atoms. The molecule has 186 valence electrons. The minimum atomic E-state index is -2.96. The van der Waals surface area contributed by atoms with E-state index in [1.54, 1.807) is 6.92 Å². The van der Waals surface area contributed by atoms with E-state index in [0.717, 1.165) is 16.4 Å². The number of hydrogen-bond acceptors (Lipinski definition) is 4. The summed E-state index contributed by atoms with van der Waals surface area (Å²) >= 11 is 0. The average molecular weight is 497 g/mol. The summed E-state index contributed by atoms with van der Waals surface area (Å²) in [7, 11) is -2.96. The van der Waals surface area contributed by atoms with Crippen LogP contribution in [0.4, 0.5) is 9.18 Å². The molecular formula is C27H33FN2O4Si. The van der Waals surface area contributed by atoms with E-state index in [1.807, 2.05) is 60.7 Å². The maximum Gasteiger partial charge on any atom is 0.322 e. The number of nitrogens with one attached hydrogen (secondary N) is 2. The van der Waals surface area contributed by atoms with Crippen LogP contribution in [0, 0.1) is 0 Å². The predicted molar refractivity (Wildman–Crippen MR) is 138 cm³/mol. The van der Waals surface area contributed by atoms with Crippen LogP contribution in [0.2, 0.25) is 5.04 Å². The molecular weight excluding hydrogens is 463 g/mol. The highest BCUT2D eigenvalue weighted by atomic mass is 28.4. The summed E-state index contributed by atoms with van der Waals surface area (Å²) in [5.74, 6) is -1.05. The van der Waals surface area contributed by atoms with Gasteiger partial charge < -0.3 is 14.5 Å². The Morgan fingerprint density at radius 3 is 2.14 bits per heavy atom. The molecule has 0 aromatic heterocycles. The van der Waals surface area contributed by atoms with E-state index in [4.69, 9.17) is 9.16 Å². The largest absolute Gasteiger partial charge is 0.501 e. The van der Waals surface area contributed by atoms with Gasteiger partial charge in [0.1, 0.15) is 5.83 Å². The molecule has 6 nitrogen and oxygen atoms in total. The number of ether oxygens (including phenoxy) is 1. The topological polar surface area (TPSA) is 76.7 Å². The van der Waals surface area contributed by atoms with Crippen LogP contribution in [-0.2, 0) is 14.0 Å². The van der Waals surface area contributed by atoms with Gasteiger partial charge in [-0.05, 0) is 28.4 Å². The fraction of sp³-hybridized carbons (Fsp3) is 0.333. The zero-order valence-corrected chi connectivity index (χ0v) is 21.6. The van der Waals surface area contributed by atoms with Crippen molar-refractivity contribution in [3.05, 3.63) is 84.9 Å². The average Bonchev–Trinajstić information content (AvgIpc) is 3.15. The lowest BCUT2D eigenvalue weighted by molar-refractivity contribution is -0.115. The van der Waals surface area contributed by atoms with E-state index < -0.39 is 38.2 Å². The molecule has 0 saturated carbocycles. The first-order valence-corrected chi connectivity index (χ1v) is 13.6. The number of rotatable bonds is 8. The Morgan fingerprint density at radius 2 is 1.63 bits per heavy atom. The Balaban J connectivity index is 1.82. The zero-order chi connectivity index (χ0) is 25.5. The van der Waals surface area contributed by atoms with Crippen LogP contribution < -0.4 is 21.0 Å². The van der Waals surface area contributed by atoms with Gasteiger partial charge in [0.15, 0.2) is 0 Å². The number of amides is 3. The zero-order valence-electron chi connectivity index (χ0n) is 20.6. The molecule has 8 heteroatoms. The maximum atomic E-state index is 15.2. The van der Waals surface area contributed by atoms with Crippen molar-refractivity contribution in [3.63, 3.8) is 0 Å². The van der Waals surface area contributed by atoms with Crippen LogP contribution in [0.1, 0.15) is 34.1 Å². The number of imide groups is 1. The van der Waals surface area contributed by atoms with E-state index in [-0.39, 0.29) is 11.5 Å². The van der Waals surface area contributed by atoms with E-state index in [2.05, 4.69) is 31.4 Å². The van der Waals surface area contributed by atoms with Crippen molar-refractivity contribution in [2.75, 3.05) is 6.61 Å². The lowest BCUT2D eigenvalue weighted by Gasteiger charge is -2.44. The Labute approximate surface area is 207 Å². The predicted octanol–water partition coefficient (Wildman–Crippen LogP) is 3.93. The van der Waals surface area contributed by atoms with Crippen molar-refractivity contribution >= 4 is 30.6 Å². The van der Waals surface area contributed by atoms with Crippen LogP contribution in [0.5, 0.6) is 0 Å². The fourth-order valence-corrected chi connectivity index (χ4v) is 9.04. The van der Waals surface area contributed by atoms with Gasteiger partial charge in [0.2, 0.25) is 0 Å². The first kappa shape index (κ1) is 26.4. The second-order valence-corrected chi connectivity index (χ2v) is 13.6. The summed E-state index contributed by atoms with van der Waals surface area (Å²) < 4.78 is 27.0. The van der Waals surface area contributed by atoms with Crippen molar-refractivity contribution < 1.29 is 23.1 Å². The number of halogens is 1. The minimum Gasteiger partial charge on any atom is -0.501 e. The SMILES string of the molecule is CCO/C=C/C(=O)NC(=O)NC1C=C(F)C(O[Si](c2ccccc2)(c2ccccc2)C(C)(C)C)C1. The second kappa shape index (κ2) is 11.5. The van der Waals surface area contributed by atoms with Crippen LogP contribution in [0.15, 0.2) is 84.9 Å². The molecule has 2 aromatic carbocycles. The van der Waals surface area contributed by atoms with Crippen LogP contribution in [0.3, 0.4) is 0 Å². The highest BCUT2D eigenvalue weighted by Crippen LogP contribution is 2.40. The summed E-state index contributed by atoms with van der Waals surface area (Å²) in [6.07, 6.45) is 3.09. The molecule has 1 aliphatic carbocycles. The summed E-state index contributed by atoms with van der Waals surface area (Å²) in [6, 6.07) is 18.7. The van der Waals surface area contributed by atoms with Gasteiger partial charge in [-0.1, -0.05) is 81.4 Å². The van der Waals surface area contributed by atoms with E-state index in [1.165, 1.54) is 12.3 Å². The normalized spacial score (nSPS) is 18.3. The van der Waals surface area contributed by atoms with Gasteiger partial charge in [-0.25, -0.2) is 9.18 Å². The molecule has 0 saturated heterocycles. The highest BCUT2D eigenvalue weighted by molar-refractivity contribution is 6.99. The van der Waals surface area contributed by atoms with Crippen LogP contribution in [0.25, 0.3) is 0 Å². The number of carbonyl (C=O) groups is 2. The van der Waals surface area contributed by atoms with Gasteiger partial charge in [-0.15, -0.1) is 0 Å². The van der Waals surface area contributed by atoms with Gasteiger partial charge in [-0.2, -0.15) is 0 Å². The molecule has 2 unspecified atom stereocenters. The molecule has 2 atom stereocenters. The van der Waals surface area contributed by atoms with Crippen molar-refractivity contribution in [2.24, 2.45) is 0 Å². The minimum absolute atomic E-state index is 0.229. The third-order valence-corrected chi connectivity index (χ3v) is 11.0. The molecule has 1 aliphatic rings. The molecule has 2 aromatic rings. The number of carbonyl (C=O) groups excluding carboxylic acids is 2. The first-order chi connectivity index (χ1) is 16.7. The summed E-state index contributed by atoms with van der Waals surface area (Å²) in [4.78, 5) is 24.0. The quantitative estimate of drug-likeness (QED) is 0.330. The number of urea groups is 1. The molecule has 3 amide bonds. The summed E-state index contributed by atoms with van der Waals surface area (Å²) in [6.45, 7) is 8.57. The highest BCUT2D eigenvalue weighted by Gasteiger charge is 2.52. The van der Waals surface area contributed by atoms with Gasteiger partial charge in [0.05, 0.1) is 25.0 Å². The third-order valence-electron chi connectivity index (χ3n) is 5.91. The fourth-order valence-electron chi connectivity index (χ4n) is 4.38. The monoisotopic (exact) mass is 496 g/mol. The van der Waals surface area contributed by atoms with Gasteiger partial charge >= 0.3 is 6.03 Å². The van der Waals surface area contributed by atoms with Gasteiger partial charge in [-0.3, -0.25) is 10.1 Å².